The highest BCUT2D eigenvalue weighted by molar-refractivity contribution is 7.80. The molecular weight excluding hydrogens is 433 g/mol. The lowest BCUT2D eigenvalue weighted by molar-refractivity contribution is -0.120. The number of anilines is 2. The number of thiocarbonyl (C=S) groups is 1. The maximum absolute atomic E-state index is 12.0. The molecule has 0 saturated carbocycles. The first-order valence-corrected chi connectivity index (χ1v) is 9.95. The highest BCUT2D eigenvalue weighted by atomic mass is 35.5. The minimum atomic E-state index is -0.221. The predicted octanol–water partition coefficient (Wildman–Crippen LogP) is 4.65. The molecule has 0 fully saturated rings. The van der Waals surface area contributed by atoms with Crippen LogP contribution in [0.1, 0.15) is 19.8 Å². The highest BCUT2D eigenvalue weighted by Gasteiger charge is 2.08. The highest BCUT2D eigenvalue weighted by Crippen LogP contribution is 2.27. The lowest BCUT2D eigenvalue weighted by Crippen LogP contribution is -2.34. The number of carbonyl (C=O) groups is 2. The number of hydrogen-bond donors (Lipinski definition) is 2. The molecular formula is C20H21Cl2N3O3S. The zero-order chi connectivity index (χ0) is 21.4. The number of nitrogens with zero attached hydrogens (tertiary/aromatic N) is 1. The van der Waals surface area contributed by atoms with E-state index in [1.165, 1.54) is 11.8 Å². The zero-order valence-corrected chi connectivity index (χ0v) is 18.3. The van der Waals surface area contributed by atoms with Gasteiger partial charge in [0, 0.05) is 36.8 Å². The number of ether oxygens (including phenoxy) is 1. The fourth-order valence-corrected chi connectivity index (χ4v) is 3.00. The fourth-order valence-electron chi connectivity index (χ4n) is 2.31. The molecule has 2 rings (SSSR count). The summed E-state index contributed by atoms with van der Waals surface area (Å²) in [5.74, 6) is 0.240. The summed E-state index contributed by atoms with van der Waals surface area (Å²) in [6.45, 7) is 1.83. The maximum Gasteiger partial charge on any atom is 0.226 e. The predicted molar refractivity (Wildman–Crippen MR) is 121 cm³/mol. The number of amides is 2. The van der Waals surface area contributed by atoms with E-state index in [9.17, 15) is 9.59 Å². The Morgan fingerprint density at radius 3 is 2.45 bits per heavy atom. The summed E-state index contributed by atoms with van der Waals surface area (Å²) in [7, 11) is 1.69. The molecule has 2 aromatic carbocycles. The van der Waals surface area contributed by atoms with Gasteiger partial charge in [-0.2, -0.15) is 0 Å². The number of hydrogen-bond acceptors (Lipinski definition) is 4. The minimum absolute atomic E-state index is 0.0594. The third-order valence-electron chi connectivity index (χ3n) is 3.94. The average molecular weight is 454 g/mol. The van der Waals surface area contributed by atoms with E-state index in [0.29, 0.717) is 34.5 Å². The van der Waals surface area contributed by atoms with Crippen molar-refractivity contribution in [2.24, 2.45) is 0 Å². The maximum atomic E-state index is 12.0. The van der Waals surface area contributed by atoms with Gasteiger partial charge in [-0.3, -0.25) is 9.59 Å². The number of benzene rings is 2. The van der Waals surface area contributed by atoms with Gasteiger partial charge in [0.25, 0.3) is 0 Å². The Morgan fingerprint density at radius 2 is 1.83 bits per heavy atom. The van der Waals surface area contributed by atoms with Gasteiger partial charge in [-0.25, -0.2) is 0 Å². The molecule has 9 heteroatoms. The molecule has 0 spiro atoms. The smallest absolute Gasteiger partial charge is 0.226 e. The molecule has 2 N–H and O–H groups in total. The first-order valence-electron chi connectivity index (χ1n) is 8.79. The van der Waals surface area contributed by atoms with E-state index in [1.807, 2.05) is 0 Å². The molecule has 0 unspecified atom stereocenters. The molecule has 0 heterocycles. The second kappa shape index (κ2) is 11.0. The van der Waals surface area contributed by atoms with Crippen LogP contribution in [0, 0.1) is 0 Å². The van der Waals surface area contributed by atoms with E-state index in [-0.39, 0.29) is 23.3 Å². The Hall–Kier alpha value is -2.35. The third kappa shape index (κ3) is 7.53. The van der Waals surface area contributed by atoms with Crippen LogP contribution >= 0.6 is 35.4 Å². The van der Waals surface area contributed by atoms with Crippen molar-refractivity contribution in [2.75, 3.05) is 23.9 Å². The molecule has 0 aromatic heterocycles. The van der Waals surface area contributed by atoms with Gasteiger partial charge in [-0.15, -0.1) is 0 Å². The number of rotatable bonds is 7. The second-order valence-corrected chi connectivity index (χ2v) is 7.41. The van der Waals surface area contributed by atoms with Crippen LogP contribution in [-0.2, 0) is 9.59 Å². The van der Waals surface area contributed by atoms with Crippen molar-refractivity contribution in [1.29, 1.82) is 0 Å². The molecule has 0 saturated heterocycles. The van der Waals surface area contributed by atoms with Crippen LogP contribution in [0.25, 0.3) is 0 Å². The summed E-state index contributed by atoms with van der Waals surface area (Å²) >= 11 is 17.0. The monoisotopic (exact) mass is 453 g/mol. The lowest BCUT2D eigenvalue weighted by atomic mass is 10.2. The normalized spacial score (nSPS) is 10.2. The van der Waals surface area contributed by atoms with Gasteiger partial charge in [0.2, 0.25) is 11.8 Å². The quantitative estimate of drug-likeness (QED) is 0.471. The number of carbonyl (C=O) groups excluding carboxylic acids is 2. The summed E-state index contributed by atoms with van der Waals surface area (Å²) in [6.07, 6.45) is 0.745. The number of nitrogens with one attached hydrogen (secondary N) is 2. The Labute approximate surface area is 185 Å². The van der Waals surface area contributed by atoms with Gasteiger partial charge in [-0.1, -0.05) is 23.2 Å². The summed E-state index contributed by atoms with van der Waals surface area (Å²) in [5, 5.41) is 6.70. The molecule has 0 aliphatic heterocycles. The molecule has 154 valence electrons. The van der Waals surface area contributed by atoms with E-state index in [4.69, 9.17) is 40.2 Å². The largest absolute Gasteiger partial charge is 0.492 e. The van der Waals surface area contributed by atoms with Crippen LogP contribution in [0.2, 0.25) is 10.0 Å². The lowest BCUT2D eigenvalue weighted by Gasteiger charge is -2.16. The standard InChI is InChI=1S/C20H21Cl2N3O3S/c1-13(26)25(2)16-8-6-15(7-9-16)23-20(29)24-19(27)4-3-11-28-18-10-5-14(21)12-17(18)22/h5-10,12H,3-4,11H2,1-2H3,(H2,23,24,27,29). The van der Waals surface area contributed by atoms with E-state index in [2.05, 4.69) is 10.6 Å². The molecule has 6 nitrogen and oxygen atoms in total. The molecule has 0 aliphatic carbocycles. The van der Waals surface area contributed by atoms with Gasteiger partial charge in [0.05, 0.1) is 11.6 Å². The Bertz CT molecular complexity index is 891. The van der Waals surface area contributed by atoms with Gasteiger partial charge >= 0.3 is 0 Å². The molecule has 2 aromatic rings. The van der Waals surface area contributed by atoms with Gasteiger partial charge in [0.1, 0.15) is 5.75 Å². The van der Waals surface area contributed by atoms with Crippen molar-refractivity contribution in [3.8, 4) is 5.75 Å². The van der Waals surface area contributed by atoms with Crippen LogP contribution in [0.4, 0.5) is 11.4 Å². The van der Waals surface area contributed by atoms with Crippen molar-refractivity contribution in [3.05, 3.63) is 52.5 Å². The molecule has 0 atom stereocenters. The van der Waals surface area contributed by atoms with E-state index in [1.54, 1.807) is 49.5 Å². The van der Waals surface area contributed by atoms with Crippen molar-refractivity contribution in [2.45, 2.75) is 19.8 Å². The first kappa shape index (κ1) is 22.9. The van der Waals surface area contributed by atoms with Gasteiger partial charge < -0.3 is 20.3 Å². The zero-order valence-electron chi connectivity index (χ0n) is 16.0. The van der Waals surface area contributed by atoms with E-state index in [0.717, 1.165) is 5.69 Å². The van der Waals surface area contributed by atoms with Crippen LogP contribution < -0.4 is 20.3 Å². The van der Waals surface area contributed by atoms with Crippen molar-refractivity contribution >= 4 is 63.7 Å². The minimum Gasteiger partial charge on any atom is -0.492 e. The topological polar surface area (TPSA) is 70.7 Å². The Morgan fingerprint density at radius 1 is 1.14 bits per heavy atom. The van der Waals surface area contributed by atoms with Crippen LogP contribution in [0.3, 0.4) is 0 Å². The molecule has 29 heavy (non-hydrogen) atoms. The third-order valence-corrected chi connectivity index (χ3v) is 4.67. The molecule has 0 bridgehead atoms. The summed E-state index contributed by atoms with van der Waals surface area (Å²) in [5.41, 5.74) is 1.47. The van der Waals surface area contributed by atoms with E-state index >= 15 is 0 Å². The SMILES string of the molecule is CC(=O)N(C)c1ccc(NC(=S)NC(=O)CCCOc2ccc(Cl)cc2Cl)cc1. The molecule has 0 aliphatic rings. The fraction of sp³-hybridized carbons (Fsp3) is 0.250. The summed E-state index contributed by atoms with van der Waals surface area (Å²) in [4.78, 5) is 24.9. The van der Waals surface area contributed by atoms with Crippen LogP contribution in [0.15, 0.2) is 42.5 Å². The summed E-state index contributed by atoms with van der Waals surface area (Å²) in [6, 6.07) is 12.1. The Balaban J connectivity index is 1.72. The van der Waals surface area contributed by atoms with Crippen LogP contribution in [-0.4, -0.2) is 30.6 Å². The van der Waals surface area contributed by atoms with Crippen molar-refractivity contribution < 1.29 is 14.3 Å². The molecule has 2 amide bonds. The second-order valence-electron chi connectivity index (χ2n) is 6.15. The molecule has 0 radical (unpaired) electrons. The van der Waals surface area contributed by atoms with Crippen LogP contribution in [0.5, 0.6) is 5.75 Å². The van der Waals surface area contributed by atoms with Crippen molar-refractivity contribution in [1.82, 2.24) is 5.32 Å². The van der Waals surface area contributed by atoms with Gasteiger partial charge in [0.15, 0.2) is 5.11 Å². The average Bonchev–Trinajstić information content (AvgIpc) is 2.66. The first-order chi connectivity index (χ1) is 13.8. The van der Waals surface area contributed by atoms with Crippen molar-refractivity contribution in [3.63, 3.8) is 0 Å². The Kier molecular flexibility index (Phi) is 8.70. The van der Waals surface area contributed by atoms with Gasteiger partial charge in [-0.05, 0) is 61.1 Å². The summed E-state index contributed by atoms with van der Waals surface area (Å²) < 4.78 is 5.54. The number of halogens is 2. The van der Waals surface area contributed by atoms with E-state index < -0.39 is 0 Å².